The summed E-state index contributed by atoms with van der Waals surface area (Å²) in [5.41, 5.74) is 0. The molecule has 0 aliphatic rings. The zero-order chi connectivity index (χ0) is 12.4. The number of aliphatic imine (C=N–C) groups is 1. The third kappa shape index (κ3) is 12.2. The first-order valence-electron chi connectivity index (χ1n) is 6.13. The largest absolute Gasteiger partial charge is 0.383 e. The van der Waals surface area contributed by atoms with Crippen LogP contribution in [0.2, 0.25) is 0 Å². The first-order chi connectivity index (χ1) is 7.60. The lowest BCUT2D eigenvalue weighted by Gasteiger charge is -2.17. The van der Waals surface area contributed by atoms with Gasteiger partial charge in [-0.1, -0.05) is 13.8 Å². The Kier molecular flexibility index (Phi) is 14.1. The van der Waals surface area contributed by atoms with Crippen molar-refractivity contribution in [3.8, 4) is 0 Å². The smallest absolute Gasteiger partial charge is 0.191 e. The molecule has 0 radical (unpaired) electrons. The van der Waals surface area contributed by atoms with Gasteiger partial charge in [-0.15, -0.1) is 24.0 Å². The number of hydrogen-bond acceptors (Lipinski definition) is 2. The van der Waals surface area contributed by atoms with Gasteiger partial charge in [-0.3, -0.25) is 4.99 Å². The molecule has 0 aromatic heterocycles. The summed E-state index contributed by atoms with van der Waals surface area (Å²) >= 11 is 0. The van der Waals surface area contributed by atoms with Gasteiger partial charge in [0.05, 0.1) is 6.61 Å². The van der Waals surface area contributed by atoms with Crippen LogP contribution in [0.3, 0.4) is 0 Å². The quantitative estimate of drug-likeness (QED) is 0.417. The highest BCUT2D eigenvalue weighted by atomic mass is 127. The summed E-state index contributed by atoms with van der Waals surface area (Å²) in [6, 6.07) is 0.279. The highest BCUT2D eigenvalue weighted by molar-refractivity contribution is 14.0. The van der Waals surface area contributed by atoms with Crippen LogP contribution in [0.15, 0.2) is 4.99 Å². The lowest BCUT2D eigenvalue weighted by molar-refractivity contribution is 0.179. The van der Waals surface area contributed by atoms with E-state index < -0.39 is 0 Å². The van der Waals surface area contributed by atoms with Gasteiger partial charge in [-0.25, -0.2) is 0 Å². The zero-order valence-corrected chi connectivity index (χ0v) is 14.1. The lowest BCUT2D eigenvalue weighted by Crippen LogP contribution is -2.44. The molecule has 0 aromatic carbocycles. The maximum absolute atomic E-state index is 5.08. The van der Waals surface area contributed by atoms with E-state index in [1.165, 1.54) is 0 Å². The predicted octanol–water partition coefficient (Wildman–Crippen LogP) is 2.24. The molecule has 104 valence electrons. The van der Waals surface area contributed by atoms with Crippen molar-refractivity contribution in [1.82, 2.24) is 10.6 Å². The number of nitrogens with one attached hydrogen (secondary N) is 2. The Balaban J connectivity index is 0. The highest BCUT2D eigenvalue weighted by Gasteiger charge is 2.03. The molecule has 0 heterocycles. The molecule has 0 rings (SSSR count). The molecule has 1 unspecified atom stereocenters. The minimum Gasteiger partial charge on any atom is -0.383 e. The number of guanidine groups is 1. The minimum absolute atomic E-state index is 0. The molecule has 0 bridgehead atoms. The first kappa shape index (κ1) is 19.3. The topological polar surface area (TPSA) is 45.7 Å². The van der Waals surface area contributed by atoms with Crippen LogP contribution in [0, 0.1) is 5.92 Å². The highest BCUT2D eigenvalue weighted by Crippen LogP contribution is 1.98. The van der Waals surface area contributed by atoms with E-state index in [0.29, 0.717) is 12.5 Å². The average molecular weight is 357 g/mol. The number of nitrogens with zero attached hydrogens (tertiary/aromatic N) is 1. The molecule has 2 N–H and O–H groups in total. The van der Waals surface area contributed by atoms with Crippen LogP contribution >= 0.6 is 24.0 Å². The van der Waals surface area contributed by atoms with E-state index >= 15 is 0 Å². The molecule has 0 aliphatic heterocycles. The summed E-state index contributed by atoms with van der Waals surface area (Å²) in [5, 5.41) is 6.54. The monoisotopic (exact) mass is 357 g/mol. The summed E-state index contributed by atoms with van der Waals surface area (Å²) in [7, 11) is 1.71. The van der Waals surface area contributed by atoms with Gasteiger partial charge in [0.2, 0.25) is 0 Å². The minimum atomic E-state index is 0. The van der Waals surface area contributed by atoms with E-state index in [9.17, 15) is 0 Å². The molecule has 0 aromatic rings. The van der Waals surface area contributed by atoms with Crippen molar-refractivity contribution < 1.29 is 4.74 Å². The number of hydrogen-bond donors (Lipinski definition) is 2. The molecule has 0 amide bonds. The summed E-state index contributed by atoms with van der Waals surface area (Å²) in [4.78, 5) is 4.51. The maximum Gasteiger partial charge on any atom is 0.191 e. The maximum atomic E-state index is 5.08. The van der Waals surface area contributed by atoms with Crippen LogP contribution in [-0.2, 0) is 4.74 Å². The van der Waals surface area contributed by atoms with Gasteiger partial charge in [-0.05, 0) is 26.2 Å². The molecule has 0 saturated heterocycles. The van der Waals surface area contributed by atoms with E-state index in [0.717, 1.165) is 25.5 Å². The molecule has 0 spiro atoms. The second-order valence-corrected chi connectivity index (χ2v) is 4.44. The SMILES string of the molecule is CCNC(=NCCC(C)C)NC(C)COC.I. The summed E-state index contributed by atoms with van der Waals surface area (Å²) in [6.07, 6.45) is 1.12. The van der Waals surface area contributed by atoms with Crippen LogP contribution in [0.4, 0.5) is 0 Å². The van der Waals surface area contributed by atoms with Crippen LogP contribution in [0.5, 0.6) is 0 Å². The molecule has 0 aliphatic carbocycles. The van der Waals surface area contributed by atoms with E-state index in [4.69, 9.17) is 4.74 Å². The Morgan fingerprint density at radius 3 is 2.41 bits per heavy atom. The standard InChI is InChI=1S/C12H27N3O.HI/c1-6-13-12(14-8-7-10(2)3)15-11(4)9-16-5;/h10-11H,6-9H2,1-5H3,(H2,13,14,15);1H. The summed E-state index contributed by atoms with van der Waals surface area (Å²) in [5.74, 6) is 1.58. The van der Waals surface area contributed by atoms with Crippen molar-refractivity contribution in [2.75, 3.05) is 26.8 Å². The van der Waals surface area contributed by atoms with E-state index in [1.54, 1.807) is 7.11 Å². The van der Waals surface area contributed by atoms with Crippen molar-refractivity contribution in [1.29, 1.82) is 0 Å². The lowest BCUT2D eigenvalue weighted by atomic mass is 10.1. The molecule has 0 fully saturated rings. The van der Waals surface area contributed by atoms with Crippen molar-refractivity contribution in [3.05, 3.63) is 0 Å². The first-order valence-corrected chi connectivity index (χ1v) is 6.13. The Morgan fingerprint density at radius 1 is 1.29 bits per heavy atom. The van der Waals surface area contributed by atoms with Gasteiger partial charge in [0.1, 0.15) is 0 Å². The zero-order valence-electron chi connectivity index (χ0n) is 11.7. The van der Waals surface area contributed by atoms with E-state index in [2.05, 4.69) is 43.3 Å². The van der Waals surface area contributed by atoms with Gasteiger partial charge in [0, 0.05) is 26.2 Å². The number of rotatable bonds is 7. The van der Waals surface area contributed by atoms with Gasteiger partial charge in [0.25, 0.3) is 0 Å². The Bertz CT molecular complexity index is 198. The second-order valence-electron chi connectivity index (χ2n) is 4.44. The second kappa shape index (κ2) is 12.4. The van der Waals surface area contributed by atoms with Crippen LogP contribution < -0.4 is 10.6 Å². The molecule has 1 atom stereocenters. The van der Waals surface area contributed by atoms with Gasteiger partial charge in [0.15, 0.2) is 5.96 Å². The Morgan fingerprint density at radius 2 is 1.94 bits per heavy atom. The predicted molar refractivity (Wildman–Crippen MR) is 85.3 cm³/mol. The van der Waals surface area contributed by atoms with Crippen LogP contribution in [-0.4, -0.2) is 38.8 Å². The van der Waals surface area contributed by atoms with Crippen molar-refractivity contribution in [2.45, 2.75) is 40.2 Å². The fraction of sp³-hybridized carbons (Fsp3) is 0.917. The number of halogens is 1. The molecule has 0 saturated carbocycles. The van der Waals surface area contributed by atoms with Gasteiger partial charge < -0.3 is 15.4 Å². The normalized spacial score (nSPS) is 13.2. The van der Waals surface area contributed by atoms with E-state index in [-0.39, 0.29) is 30.0 Å². The van der Waals surface area contributed by atoms with Crippen LogP contribution in [0.1, 0.15) is 34.1 Å². The summed E-state index contributed by atoms with van der Waals surface area (Å²) in [6.45, 7) is 11.0. The van der Waals surface area contributed by atoms with E-state index in [1.807, 2.05) is 0 Å². The van der Waals surface area contributed by atoms with Crippen molar-refractivity contribution in [3.63, 3.8) is 0 Å². The Labute approximate surface area is 123 Å². The Hall–Kier alpha value is -0.0400. The third-order valence-corrected chi connectivity index (χ3v) is 2.12. The van der Waals surface area contributed by atoms with Gasteiger partial charge in [-0.2, -0.15) is 0 Å². The van der Waals surface area contributed by atoms with Crippen molar-refractivity contribution >= 4 is 29.9 Å². The molecule has 5 heteroatoms. The molecular formula is C12H28IN3O. The van der Waals surface area contributed by atoms with Crippen LogP contribution in [0.25, 0.3) is 0 Å². The molecule has 4 nitrogen and oxygen atoms in total. The molecular weight excluding hydrogens is 329 g/mol. The third-order valence-electron chi connectivity index (χ3n) is 2.12. The van der Waals surface area contributed by atoms with Gasteiger partial charge >= 0.3 is 0 Å². The number of ether oxygens (including phenoxy) is 1. The average Bonchev–Trinajstić information content (AvgIpc) is 2.17. The van der Waals surface area contributed by atoms with Crippen molar-refractivity contribution in [2.24, 2.45) is 10.9 Å². The summed E-state index contributed by atoms with van der Waals surface area (Å²) < 4.78 is 5.08. The fourth-order valence-electron chi connectivity index (χ4n) is 1.28. The fourth-order valence-corrected chi connectivity index (χ4v) is 1.28. The molecule has 17 heavy (non-hydrogen) atoms. The number of methoxy groups -OCH3 is 1.